The molecular formula is C23H40O2. The number of aliphatic hydroxyl groups excluding tert-OH is 2. The first-order valence-corrected chi connectivity index (χ1v) is 11.2. The molecule has 4 saturated carbocycles. The summed E-state index contributed by atoms with van der Waals surface area (Å²) in [5.74, 6) is 3.50. The van der Waals surface area contributed by atoms with Gasteiger partial charge < -0.3 is 10.2 Å². The molecule has 2 unspecified atom stereocenters. The average Bonchev–Trinajstić information content (AvgIpc) is 2.98. The molecule has 7 atom stereocenters. The zero-order valence-corrected chi connectivity index (χ0v) is 16.6. The highest BCUT2D eigenvalue weighted by atomic mass is 16.3. The molecule has 2 N–H and O–H groups in total. The third-order valence-electron chi connectivity index (χ3n) is 10.1. The Kier molecular flexibility index (Phi) is 4.77. The molecule has 4 aliphatic carbocycles. The molecule has 0 aromatic rings. The summed E-state index contributed by atoms with van der Waals surface area (Å²) in [6.07, 6.45) is 15.9. The van der Waals surface area contributed by atoms with E-state index >= 15 is 0 Å². The second-order valence-corrected chi connectivity index (χ2v) is 10.8. The van der Waals surface area contributed by atoms with Crippen LogP contribution in [-0.4, -0.2) is 23.4 Å². The maximum Gasteiger partial charge on any atom is 0.0436 e. The SMILES string of the molecule is C[C@@]12CCC[C@H]1[C@@H]1CCC3(CCO)CC(CCO)CC[C@]3(C)[C@@H]1CC2. The first kappa shape index (κ1) is 18.3. The fraction of sp³-hybridized carbons (Fsp3) is 1.00. The van der Waals surface area contributed by atoms with Crippen molar-refractivity contribution >= 4 is 0 Å². The Morgan fingerprint density at radius 2 is 1.68 bits per heavy atom. The maximum atomic E-state index is 9.92. The van der Waals surface area contributed by atoms with Crippen LogP contribution in [0.3, 0.4) is 0 Å². The molecule has 0 heterocycles. The predicted octanol–water partition coefficient (Wildman–Crippen LogP) is 5.17. The molecule has 2 nitrogen and oxygen atoms in total. The fourth-order valence-corrected chi connectivity index (χ4v) is 8.70. The Balaban J connectivity index is 1.63. The van der Waals surface area contributed by atoms with Gasteiger partial charge in [0.05, 0.1) is 0 Å². The van der Waals surface area contributed by atoms with E-state index in [0.29, 0.717) is 35.4 Å². The van der Waals surface area contributed by atoms with Crippen molar-refractivity contribution in [1.82, 2.24) is 0 Å². The lowest BCUT2D eigenvalue weighted by molar-refractivity contribution is -0.172. The van der Waals surface area contributed by atoms with Crippen LogP contribution in [0, 0.1) is 39.9 Å². The van der Waals surface area contributed by atoms with Crippen LogP contribution in [0.15, 0.2) is 0 Å². The summed E-state index contributed by atoms with van der Waals surface area (Å²) in [4.78, 5) is 0. The lowest BCUT2D eigenvalue weighted by Gasteiger charge is -2.66. The summed E-state index contributed by atoms with van der Waals surface area (Å²) in [6, 6.07) is 0. The van der Waals surface area contributed by atoms with E-state index in [-0.39, 0.29) is 0 Å². The Hall–Kier alpha value is -0.0800. The van der Waals surface area contributed by atoms with Crippen molar-refractivity contribution in [3.8, 4) is 0 Å². The minimum atomic E-state index is 0.336. The van der Waals surface area contributed by atoms with E-state index in [2.05, 4.69) is 13.8 Å². The zero-order valence-electron chi connectivity index (χ0n) is 16.6. The Morgan fingerprint density at radius 3 is 2.44 bits per heavy atom. The van der Waals surface area contributed by atoms with E-state index in [1.807, 2.05) is 0 Å². The Labute approximate surface area is 154 Å². The van der Waals surface area contributed by atoms with Gasteiger partial charge >= 0.3 is 0 Å². The molecule has 0 radical (unpaired) electrons. The van der Waals surface area contributed by atoms with Crippen LogP contribution < -0.4 is 0 Å². The van der Waals surface area contributed by atoms with E-state index in [4.69, 9.17) is 0 Å². The Bertz CT molecular complexity index is 490. The summed E-state index contributed by atoms with van der Waals surface area (Å²) in [5, 5.41) is 19.4. The monoisotopic (exact) mass is 348 g/mol. The van der Waals surface area contributed by atoms with Crippen molar-refractivity contribution < 1.29 is 10.2 Å². The highest BCUT2D eigenvalue weighted by Crippen LogP contribution is 2.71. The highest BCUT2D eigenvalue weighted by Gasteiger charge is 2.62. The largest absolute Gasteiger partial charge is 0.396 e. The summed E-state index contributed by atoms with van der Waals surface area (Å²) in [6.45, 7) is 5.90. The predicted molar refractivity (Wildman–Crippen MR) is 102 cm³/mol. The second-order valence-electron chi connectivity index (χ2n) is 10.8. The molecule has 4 fully saturated rings. The molecule has 0 spiro atoms. The summed E-state index contributed by atoms with van der Waals surface area (Å²) >= 11 is 0. The smallest absolute Gasteiger partial charge is 0.0436 e. The van der Waals surface area contributed by atoms with Crippen molar-refractivity contribution in [1.29, 1.82) is 0 Å². The van der Waals surface area contributed by atoms with Gasteiger partial charge in [0.1, 0.15) is 0 Å². The van der Waals surface area contributed by atoms with Gasteiger partial charge in [-0.1, -0.05) is 20.3 Å². The van der Waals surface area contributed by atoms with Crippen LogP contribution in [0.1, 0.15) is 90.9 Å². The molecule has 144 valence electrons. The molecule has 0 bridgehead atoms. The van der Waals surface area contributed by atoms with Crippen LogP contribution in [0.4, 0.5) is 0 Å². The molecular weight excluding hydrogens is 308 g/mol. The van der Waals surface area contributed by atoms with Crippen molar-refractivity contribution in [2.75, 3.05) is 13.2 Å². The number of aliphatic hydroxyl groups is 2. The topological polar surface area (TPSA) is 40.5 Å². The molecule has 4 aliphatic rings. The van der Waals surface area contributed by atoms with Crippen molar-refractivity contribution in [3.05, 3.63) is 0 Å². The van der Waals surface area contributed by atoms with Crippen LogP contribution in [0.25, 0.3) is 0 Å². The minimum absolute atomic E-state index is 0.336. The maximum absolute atomic E-state index is 9.92. The van der Waals surface area contributed by atoms with Gasteiger partial charge in [-0.3, -0.25) is 0 Å². The van der Waals surface area contributed by atoms with Crippen LogP contribution >= 0.6 is 0 Å². The molecule has 2 heteroatoms. The number of hydrogen-bond donors (Lipinski definition) is 2. The van der Waals surface area contributed by atoms with E-state index in [1.54, 1.807) is 0 Å². The van der Waals surface area contributed by atoms with Gasteiger partial charge in [0.2, 0.25) is 0 Å². The van der Waals surface area contributed by atoms with Gasteiger partial charge in [-0.2, -0.15) is 0 Å². The van der Waals surface area contributed by atoms with Crippen molar-refractivity contribution in [2.24, 2.45) is 39.9 Å². The first-order valence-electron chi connectivity index (χ1n) is 11.2. The van der Waals surface area contributed by atoms with Crippen LogP contribution in [0.2, 0.25) is 0 Å². The van der Waals surface area contributed by atoms with Crippen LogP contribution in [-0.2, 0) is 0 Å². The first-order chi connectivity index (χ1) is 12.0. The number of fused-ring (bicyclic) bond motifs is 5. The fourth-order valence-electron chi connectivity index (χ4n) is 8.70. The lowest BCUT2D eigenvalue weighted by atomic mass is 9.39. The number of hydrogen-bond acceptors (Lipinski definition) is 2. The summed E-state index contributed by atoms with van der Waals surface area (Å²) < 4.78 is 0. The van der Waals surface area contributed by atoms with E-state index in [9.17, 15) is 10.2 Å². The van der Waals surface area contributed by atoms with Crippen LogP contribution in [0.5, 0.6) is 0 Å². The molecule has 0 amide bonds. The number of rotatable bonds is 4. The third kappa shape index (κ3) is 2.64. The molecule has 0 saturated heterocycles. The molecule has 0 aromatic carbocycles. The quantitative estimate of drug-likeness (QED) is 0.736. The van der Waals surface area contributed by atoms with Gasteiger partial charge in [-0.05, 0) is 111 Å². The van der Waals surface area contributed by atoms with Gasteiger partial charge in [0.15, 0.2) is 0 Å². The van der Waals surface area contributed by atoms with Gasteiger partial charge in [-0.15, -0.1) is 0 Å². The molecule has 4 rings (SSSR count). The molecule has 0 aromatic heterocycles. The van der Waals surface area contributed by atoms with E-state index < -0.39 is 0 Å². The molecule has 0 aliphatic heterocycles. The molecule has 25 heavy (non-hydrogen) atoms. The van der Waals surface area contributed by atoms with Gasteiger partial charge in [0.25, 0.3) is 0 Å². The summed E-state index contributed by atoms with van der Waals surface area (Å²) in [7, 11) is 0. The van der Waals surface area contributed by atoms with E-state index in [0.717, 1.165) is 30.6 Å². The van der Waals surface area contributed by atoms with E-state index in [1.165, 1.54) is 64.2 Å². The third-order valence-corrected chi connectivity index (χ3v) is 10.1. The second kappa shape index (κ2) is 6.51. The standard InChI is InChI=1S/C23H40O2/c1-21-9-3-4-19(21)18-6-12-23(13-15-25)16-17(8-14-24)5-11-22(23,2)20(18)7-10-21/h17-20,24-25H,3-16H2,1-2H3/t17?,18-,19-,20+,21-,22+,23?/m0/s1. The normalized spacial score (nSPS) is 52.3. The van der Waals surface area contributed by atoms with Crippen molar-refractivity contribution in [2.45, 2.75) is 90.9 Å². The minimum Gasteiger partial charge on any atom is -0.396 e. The highest BCUT2D eigenvalue weighted by molar-refractivity contribution is 5.12. The lowest BCUT2D eigenvalue weighted by Crippen LogP contribution is -2.58. The summed E-state index contributed by atoms with van der Waals surface area (Å²) in [5.41, 5.74) is 1.41. The Morgan fingerprint density at radius 1 is 0.840 bits per heavy atom. The average molecular weight is 349 g/mol. The van der Waals surface area contributed by atoms with Crippen molar-refractivity contribution in [3.63, 3.8) is 0 Å². The van der Waals surface area contributed by atoms with Gasteiger partial charge in [0, 0.05) is 13.2 Å². The zero-order chi connectivity index (χ0) is 17.7. The van der Waals surface area contributed by atoms with Gasteiger partial charge in [-0.25, -0.2) is 0 Å².